The molecule has 1 aromatic rings. The monoisotopic (exact) mass is 273 g/mol. The lowest BCUT2D eigenvalue weighted by atomic mass is 9.80. The van der Waals surface area contributed by atoms with E-state index in [0.717, 1.165) is 18.7 Å². The summed E-state index contributed by atoms with van der Waals surface area (Å²) in [4.78, 5) is 7.35. The normalized spacial score (nSPS) is 24.2. The average molecular weight is 273 g/mol. The van der Waals surface area contributed by atoms with E-state index in [0.29, 0.717) is 18.4 Å². The van der Waals surface area contributed by atoms with Gasteiger partial charge in [-0.3, -0.25) is 0 Å². The Labute approximate surface area is 110 Å². The van der Waals surface area contributed by atoms with Crippen molar-refractivity contribution < 1.29 is 13.2 Å². The van der Waals surface area contributed by atoms with Crippen molar-refractivity contribution in [3.8, 4) is 0 Å². The molecule has 3 nitrogen and oxygen atoms in total. The maximum Gasteiger partial charge on any atom is 0.433 e. The predicted molar refractivity (Wildman–Crippen MR) is 66.6 cm³/mol. The summed E-state index contributed by atoms with van der Waals surface area (Å²) < 4.78 is 37.5. The van der Waals surface area contributed by atoms with Crippen molar-refractivity contribution >= 4 is 5.95 Å². The van der Waals surface area contributed by atoms with Crippen LogP contribution in [0.1, 0.15) is 38.3 Å². The summed E-state index contributed by atoms with van der Waals surface area (Å²) >= 11 is 0. The Morgan fingerprint density at radius 1 is 1.32 bits per heavy atom. The second-order valence-corrected chi connectivity index (χ2v) is 5.17. The van der Waals surface area contributed by atoms with E-state index in [2.05, 4.69) is 22.2 Å². The fraction of sp³-hybridized carbons (Fsp3) is 0.692. The smallest absolute Gasteiger partial charge is 0.354 e. The Morgan fingerprint density at radius 3 is 2.74 bits per heavy atom. The van der Waals surface area contributed by atoms with Gasteiger partial charge in [0.05, 0.1) is 0 Å². The zero-order valence-electron chi connectivity index (χ0n) is 10.9. The van der Waals surface area contributed by atoms with Crippen LogP contribution in [0.15, 0.2) is 12.3 Å². The quantitative estimate of drug-likeness (QED) is 0.911. The van der Waals surface area contributed by atoms with Gasteiger partial charge in [-0.25, -0.2) is 9.97 Å². The van der Waals surface area contributed by atoms with Crippen molar-refractivity contribution in [3.05, 3.63) is 18.0 Å². The maximum atomic E-state index is 12.5. The number of alkyl halides is 3. The molecule has 0 radical (unpaired) electrons. The first kappa shape index (κ1) is 14.1. The van der Waals surface area contributed by atoms with Gasteiger partial charge in [0.15, 0.2) is 0 Å². The number of hydrogen-bond donors (Lipinski definition) is 1. The van der Waals surface area contributed by atoms with Crippen LogP contribution in [0, 0.1) is 11.8 Å². The van der Waals surface area contributed by atoms with E-state index in [9.17, 15) is 13.2 Å². The lowest BCUT2D eigenvalue weighted by Crippen LogP contribution is -2.25. The summed E-state index contributed by atoms with van der Waals surface area (Å²) in [7, 11) is 0. The highest BCUT2D eigenvalue weighted by Gasteiger charge is 2.32. The fourth-order valence-electron chi connectivity index (χ4n) is 2.52. The van der Waals surface area contributed by atoms with Crippen LogP contribution in [0.25, 0.3) is 0 Å². The van der Waals surface area contributed by atoms with Crippen molar-refractivity contribution in [2.45, 2.75) is 38.8 Å². The van der Waals surface area contributed by atoms with Crippen LogP contribution >= 0.6 is 0 Å². The summed E-state index contributed by atoms with van der Waals surface area (Å²) in [6.07, 6.45) is 1.47. The van der Waals surface area contributed by atoms with Crippen LogP contribution in [-0.2, 0) is 6.18 Å². The maximum absolute atomic E-state index is 12.5. The van der Waals surface area contributed by atoms with E-state index in [1.165, 1.54) is 19.3 Å². The summed E-state index contributed by atoms with van der Waals surface area (Å²) in [5.41, 5.74) is -0.901. The van der Waals surface area contributed by atoms with E-state index >= 15 is 0 Å². The Balaban J connectivity index is 1.96. The van der Waals surface area contributed by atoms with Gasteiger partial charge < -0.3 is 5.32 Å². The number of hydrogen-bond acceptors (Lipinski definition) is 3. The van der Waals surface area contributed by atoms with Gasteiger partial charge in [-0.2, -0.15) is 13.2 Å². The number of nitrogens with zero attached hydrogens (tertiary/aromatic N) is 2. The molecule has 0 aliphatic heterocycles. The summed E-state index contributed by atoms with van der Waals surface area (Å²) in [5, 5.41) is 2.94. The molecular formula is C13H18F3N3. The van der Waals surface area contributed by atoms with Gasteiger partial charge in [-0.1, -0.05) is 26.2 Å². The van der Waals surface area contributed by atoms with Crippen LogP contribution in [-0.4, -0.2) is 16.5 Å². The second kappa shape index (κ2) is 5.75. The first-order chi connectivity index (χ1) is 8.97. The van der Waals surface area contributed by atoms with E-state index in [1.54, 1.807) is 0 Å². The van der Waals surface area contributed by atoms with Crippen molar-refractivity contribution in [2.24, 2.45) is 11.8 Å². The van der Waals surface area contributed by atoms with E-state index < -0.39 is 11.9 Å². The Kier molecular flexibility index (Phi) is 4.27. The van der Waals surface area contributed by atoms with Crippen LogP contribution in [0.3, 0.4) is 0 Å². The van der Waals surface area contributed by atoms with Crippen molar-refractivity contribution in [2.75, 3.05) is 11.9 Å². The van der Waals surface area contributed by atoms with Crippen molar-refractivity contribution in [3.63, 3.8) is 0 Å². The Bertz CT molecular complexity index is 420. The molecule has 2 rings (SSSR count). The van der Waals surface area contributed by atoms with Gasteiger partial charge in [0.1, 0.15) is 5.69 Å². The third-order valence-corrected chi connectivity index (χ3v) is 3.76. The van der Waals surface area contributed by atoms with Crippen molar-refractivity contribution in [1.82, 2.24) is 9.97 Å². The van der Waals surface area contributed by atoms with Crippen LogP contribution in [0.4, 0.5) is 19.1 Å². The van der Waals surface area contributed by atoms with E-state index in [-0.39, 0.29) is 5.95 Å². The lowest BCUT2D eigenvalue weighted by molar-refractivity contribution is -0.141. The number of aromatic nitrogens is 2. The molecule has 2 atom stereocenters. The Morgan fingerprint density at radius 2 is 2.05 bits per heavy atom. The van der Waals surface area contributed by atoms with Crippen LogP contribution in [0.5, 0.6) is 0 Å². The minimum Gasteiger partial charge on any atom is -0.354 e. The standard InChI is InChI=1S/C13H18F3N3/c1-9-4-2-3-5-10(9)8-18-12-17-7-6-11(19-12)13(14,15)16/h6-7,9-10H,2-5,8H2,1H3,(H,17,18,19). The third-order valence-electron chi connectivity index (χ3n) is 3.76. The molecule has 1 saturated carbocycles. The fourth-order valence-corrected chi connectivity index (χ4v) is 2.52. The third kappa shape index (κ3) is 3.81. The molecule has 0 amide bonds. The van der Waals surface area contributed by atoms with E-state index in [1.807, 2.05) is 0 Å². The molecule has 106 valence electrons. The first-order valence-corrected chi connectivity index (χ1v) is 6.61. The molecule has 1 N–H and O–H groups in total. The van der Waals surface area contributed by atoms with Crippen LogP contribution < -0.4 is 5.32 Å². The highest BCUT2D eigenvalue weighted by atomic mass is 19.4. The van der Waals surface area contributed by atoms with Gasteiger partial charge >= 0.3 is 6.18 Å². The highest BCUT2D eigenvalue weighted by Crippen LogP contribution is 2.30. The molecule has 0 spiro atoms. The van der Waals surface area contributed by atoms with Gasteiger partial charge in [-0.15, -0.1) is 0 Å². The summed E-state index contributed by atoms with van der Waals surface area (Å²) in [6.45, 7) is 2.83. The van der Waals surface area contributed by atoms with Crippen molar-refractivity contribution in [1.29, 1.82) is 0 Å². The highest BCUT2D eigenvalue weighted by molar-refractivity contribution is 5.26. The Hall–Kier alpha value is -1.33. The van der Waals surface area contributed by atoms with Gasteiger partial charge in [0.2, 0.25) is 5.95 Å². The second-order valence-electron chi connectivity index (χ2n) is 5.17. The molecular weight excluding hydrogens is 255 g/mol. The number of nitrogens with one attached hydrogen (secondary N) is 1. The zero-order valence-corrected chi connectivity index (χ0v) is 10.9. The minimum absolute atomic E-state index is 0.0626. The molecule has 0 saturated heterocycles. The molecule has 1 aromatic heterocycles. The number of rotatable bonds is 3. The van der Waals surface area contributed by atoms with Crippen LogP contribution in [0.2, 0.25) is 0 Å². The topological polar surface area (TPSA) is 37.8 Å². The lowest BCUT2D eigenvalue weighted by Gasteiger charge is -2.28. The summed E-state index contributed by atoms with van der Waals surface area (Å²) in [5.74, 6) is 1.16. The molecule has 1 aliphatic rings. The number of anilines is 1. The predicted octanol–water partition coefficient (Wildman–Crippen LogP) is 3.73. The SMILES string of the molecule is CC1CCCCC1CNc1nccc(C(F)(F)F)n1. The minimum atomic E-state index is -4.42. The zero-order chi connectivity index (χ0) is 13.9. The van der Waals surface area contributed by atoms with Gasteiger partial charge in [0.25, 0.3) is 0 Å². The molecule has 6 heteroatoms. The molecule has 0 bridgehead atoms. The molecule has 1 fully saturated rings. The van der Waals surface area contributed by atoms with E-state index in [4.69, 9.17) is 0 Å². The van der Waals surface area contributed by atoms with Gasteiger partial charge in [0, 0.05) is 12.7 Å². The molecule has 2 unspecified atom stereocenters. The first-order valence-electron chi connectivity index (χ1n) is 6.61. The molecule has 1 aliphatic carbocycles. The molecule has 1 heterocycles. The van der Waals surface area contributed by atoms with Gasteiger partial charge in [-0.05, 0) is 24.3 Å². The molecule has 19 heavy (non-hydrogen) atoms. The largest absolute Gasteiger partial charge is 0.433 e. The number of halogens is 3. The average Bonchev–Trinajstić information content (AvgIpc) is 2.37. The summed E-state index contributed by atoms with van der Waals surface area (Å²) in [6, 6.07) is 0.883. The molecule has 0 aromatic carbocycles.